The van der Waals surface area contributed by atoms with E-state index in [0.29, 0.717) is 16.9 Å². The largest absolute Gasteiger partial charge is 0.593 e. The summed E-state index contributed by atoms with van der Waals surface area (Å²) in [5, 5.41) is 2.92. The van der Waals surface area contributed by atoms with Gasteiger partial charge in [-0.1, -0.05) is 54.2 Å². The van der Waals surface area contributed by atoms with Crippen LogP contribution in [0.2, 0.25) is 0 Å². The number of amides is 1. The van der Waals surface area contributed by atoms with Crippen LogP contribution in [0.3, 0.4) is 0 Å². The summed E-state index contributed by atoms with van der Waals surface area (Å²) < 4.78 is 13.8. The summed E-state index contributed by atoms with van der Waals surface area (Å²) in [5.41, 5.74) is 1.76. The Labute approximate surface area is 183 Å². The van der Waals surface area contributed by atoms with Gasteiger partial charge in [0.25, 0.3) is 0 Å². The van der Waals surface area contributed by atoms with Crippen LogP contribution in [0.1, 0.15) is 17.3 Å². The molecule has 30 heavy (non-hydrogen) atoms. The van der Waals surface area contributed by atoms with Crippen LogP contribution in [0, 0.1) is 0 Å². The lowest BCUT2D eigenvalue weighted by Crippen LogP contribution is -2.37. The minimum atomic E-state index is -1.44. The number of ketones is 1. The quantitative estimate of drug-likeness (QED) is 0.405. The number of nitrogens with one attached hydrogen (secondary N) is 1. The van der Waals surface area contributed by atoms with E-state index < -0.39 is 11.4 Å². The third kappa shape index (κ3) is 5.89. The van der Waals surface area contributed by atoms with E-state index in [4.69, 9.17) is 0 Å². The minimum absolute atomic E-state index is 0.0880. The van der Waals surface area contributed by atoms with Gasteiger partial charge in [0.05, 0.1) is 22.7 Å². The van der Waals surface area contributed by atoms with Gasteiger partial charge in [-0.2, -0.15) is 4.31 Å². The highest BCUT2D eigenvalue weighted by atomic mass is 32.2. The van der Waals surface area contributed by atoms with Crippen molar-refractivity contribution in [1.29, 1.82) is 0 Å². The van der Waals surface area contributed by atoms with E-state index in [0.717, 1.165) is 9.79 Å². The first-order chi connectivity index (χ1) is 14.4. The second-order valence-corrected chi connectivity index (χ2v) is 8.93. The third-order valence-corrected chi connectivity index (χ3v) is 6.31. The molecule has 0 saturated heterocycles. The molecule has 7 heteroatoms. The van der Waals surface area contributed by atoms with Crippen LogP contribution in [0.25, 0.3) is 0 Å². The molecule has 1 unspecified atom stereocenters. The van der Waals surface area contributed by atoms with Gasteiger partial charge in [0, 0.05) is 15.4 Å². The van der Waals surface area contributed by atoms with Gasteiger partial charge >= 0.3 is 0 Å². The monoisotopic (exact) mass is 438 g/mol. The molecule has 0 bridgehead atoms. The number of hydrogen-bond donors (Lipinski definition) is 1. The Balaban J connectivity index is 1.75. The molecule has 1 amide bonds. The number of benzene rings is 3. The molecule has 3 aromatic rings. The minimum Gasteiger partial charge on any atom is -0.593 e. The number of rotatable bonds is 8. The summed E-state index contributed by atoms with van der Waals surface area (Å²) in [5.74, 6) is -0.380. The van der Waals surface area contributed by atoms with Gasteiger partial charge in [-0.25, -0.2) is 0 Å². The molecule has 0 fully saturated rings. The average molecular weight is 439 g/mol. The molecule has 0 heterocycles. The van der Waals surface area contributed by atoms with Crippen molar-refractivity contribution >= 4 is 46.2 Å². The van der Waals surface area contributed by atoms with Crippen LogP contribution in [-0.4, -0.2) is 29.0 Å². The Morgan fingerprint density at radius 2 is 1.70 bits per heavy atom. The molecular weight excluding hydrogens is 416 g/mol. The van der Waals surface area contributed by atoms with E-state index >= 15 is 0 Å². The van der Waals surface area contributed by atoms with E-state index in [1.165, 1.54) is 17.5 Å². The Hall–Kier alpha value is -2.74. The number of nitrogens with zero attached hydrogens (tertiary/aromatic N) is 1. The topological polar surface area (TPSA) is 72.5 Å². The van der Waals surface area contributed by atoms with E-state index in [1.807, 2.05) is 54.6 Å². The Kier molecular flexibility index (Phi) is 7.57. The predicted molar refractivity (Wildman–Crippen MR) is 123 cm³/mol. The fourth-order valence-electron chi connectivity index (χ4n) is 2.81. The molecule has 0 saturated carbocycles. The fraction of sp³-hybridized carbons (Fsp3) is 0.130. The molecule has 3 aromatic carbocycles. The standard InChI is InChI=1S/C23H22N2O3S2/c1-17(26)18-9-8-10-19(15-18)25(30(2)28)16-23(27)24-21-13-6-7-14-22(21)29-20-11-4-3-5-12-20/h3-15H,16H2,1-2H3,(H,24,27). The lowest BCUT2D eigenvalue weighted by atomic mass is 10.1. The van der Waals surface area contributed by atoms with Crippen molar-refractivity contribution in [3.05, 3.63) is 84.4 Å². The van der Waals surface area contributed by atoms with Crippen molar-refractivity contribution in [3.63, 3.8) is 0 Å². The zero-order chi connectivity index (χ0) is 21.5. The summed E-state index contributed by atoms with van der Waals surface area (Å²) >= 11 is 0.122. The van der Waals surface area contributed by atoms with Gasteiger partial charge in [0.15, 0.2) is 5.78 Å². The van der Waals surface area contributed by atoms with E-state index in [9.17, 15) is 14.1 Å². The highest BCUT2D eigenvalue weighted by molar-refractivity contribution is 7.99. The molecule has 0 aliphatic rings. The number of para-hydroxylation sites is 1. The molecule has 1 N–H and O–H groups in total. The summed E-state index contributed by atoms with van der Waals surface area (Å²) in [7, 11) is 0. The zero-order valence-electron chi connectivity index (χ0n) is 16.7. The third-order valence-electron chi connectivity index (χ3n) is 4.27. The maximum atomic E-state index is 12.8. The number of anilines is 2. The number of Topliss-reactive ketones (excluding diaryl/α,β-unsaturated/α-hetero) is 1. The molecule has 0 radical (unpaired) electrons. The molecule has 0 aliphatic heterocycles. The summed E-state index contributed by atoms with van der Waals surface area (Å²) in [6.07, 6.45) is 1.51. The van der Waals surface area contributed by atoms with Crippen molar-refractivity contribution < 1.29 is 14.1 Å². The fourth-order valence-corrected chi connectivity index (χ4v) is 4.44. The predicted octanol–water partition coefficient (Wildman–Crippen LogP) is 4.78. The van der Waals surface area contributed by atoms with Crippen LogP contribution in [0.15, 0.2) is 88.7 Å². The number of carbonyl (C=O) groups excluding carboxylic acids is 2. The summed E-state index contributed by atoms with van der Waals surface area (Å²) in [6.45, 7) is 1.37. The Morgan fingerprint density at radius 3 is 2.40 bits per heavy atom. The molecule has 154 valence electrons. The molecule has 1 atom stereocenters. The van der Waals surface area contributed by atoms with E-state index in [2.05, 4.69) is 5.32 Å². The van der Waals surface area contributed by atoms with Crippen molar-refractivity contribution in [2.24, 2.45) is 0 Å². The first kappa shape index (κ1) is 22.0. The van der Waals surface area contributed by atoms with E-state index in [-0.39, 0.29) is 18.2 Å². The Morgan fingerprint density at radius 1 is 1.00 bits per heavy atom. The van der Waals surface area contributed by atoms with Crippen molar-refractivity contribution in [1.82, 2.24) is 0 Å². The van der Waals surface area contributed by atoms with Crippen LogP contribution in [0.5, 0.6) is 0 Å². The van der Waals surface area contributed by atoms with Gasteiger partial charge in [-0.15, -0.1) is 0 Å². The second kappa shape index (κ2) is 10.3. The second-order valence-electron chi connectivity index (χ2n) is 6.53. The Bertz CT molecular complexity index is 1030. The highest BCUT2D eigenvalue weighted by Crippen LogP contribution is 2.33. The van der Waals surface area contributed by atoms with Gasteiger partial charge < -0.3 is 9.87 Å². The molecule has 0 aliphatic carbocycles. The smallest absolute Gasteiger partial charge is 0.248 e. The van der Waals surface area contributed by atoms with Gasteiger partial charge in [-0.3, -0.25) is 9.59 Å². The first-order valence-electron chi connectivity index (χ1n) is 9.28. The maximum absolute atomic E-state index is 12.8. The van der Waals surface area contributed by atoms with Crippen molar-refractivity contribution in [3.8, 4) is 0 Å². The molecule has 5 nitrogen and oxygen atoms in total. The zero-order valence-corrected chi connectivity index (χ0v) is 18.3. The van der Waals surface area contributed by atoms with Gasteiger partial charge in [-0.05, 0) is 43.3 Å². The van der Waals surface area contributed by atoms with Crippen molar-refractivity contribution in [2.75, 3.05) is 22.4 Å². The number of hydrogen-bond acceptors (Lipinski definition) is 5. The lowest BCUT2D eigenvalue weighted by molar-refractivity contribution is -0.114. The normalized spacial score (nSPS) is 11.6. The molecular formula is C23H22N2O3S2. The number of carbonyl (C=O) groups is 2. The molecule has 0 spiro atoms. The maximum Gasteiger partial charge on any atom is 0.248 e. The van der Waals surface area contributed by atoms with Crippen molar-refractivity contribution in [2.45, 2.75) is 16.7 Å². The van der Waals surface area contributed by atoms with Gasteiger partial charge in [0.2, 0.25) is 5.91 Å². The average Bonchev–Trinajstić information content (AvgIpc) is 2.74. The van der Waals surface area contributed by atoms with Crippen LogP contribution < -0.4 is 9.62 Å². The van der Waals surface area contributed by atoms with Gasteiger partial charge in [0.1, 0.15) is 12.8 Å². The van der Waals surface area contributed by atoms with Crippen LogP contribution >= 0.6 is 11.8 Å². The summed E-state index contributed by atoms with van der Waals surface area (Å²) in [4.78, 5) is 26.4. The highest BCUT2D eigenvalue weighted by Gasteiger charge is 2.21. The van der Waals surface area contributed by atoms with E-state index in [1.54, 1.807) is 36.0 Å². The SMILES string of the molecule is CC(=O)c1cccc(N(CC(=O)Nc2ccccc2Sc2ccccc2)[S+](C)[O-])c1. The van der Waals surface area contributed by atoms with Crippen LogP contribution in [-0.2, 0) is 16.2 Å². The molecule has 0 aromatic heterocycles. The first-order valence-corrected chi connectivity index (χ1v) is 11.6. The van der Waals surface area contributed by atoms with Crippen LogP contribution in [0.4, 0.5) is 11.4 Å². The summed E-state index contributed by atoms with van der Waals surface area (Å²) in [6, 6.07) is 24.3. The molecule has 3 rings (SSSR count). The lowest BCUT2D eigenvalue weighted by Gasteiger charge is -2.23.